The van der Waals surface area contributed by atoms with Crippen LogP contribution in [0.2, 0.25) is 0 Å². The maximum atomic E-state index is 12.8. The number of alkyl halides is 1. The maximum absolute atomic E-state index is 12.8. The average molecular weight is 164 g/mol. The monoisotopic (exact) mass is 164 g/mol. The predicted octanol–water partition coefficient (Wildman–Crippen LogP) is -1.86. The number of hydrogen-bond donors (Lipinski definition) is 3. The second-order valence-corrected chi connectivity index (χ2v) is 2.04. The van der Waals surface area contributed by atoms with Crippen molar-refractivity contribution in [3.05, 3.63) is 0 Å². The van der Waals surface area contributed by atoms with Gasteiger partial charge in [0.1, 0.15) is 21.1 Å². The molecule has 0 aliphatic rings. The van der Waals surface area contributed by atoms with Crippen molar-refractivity contribution in [1.29, 1.82) is 0 Å². The van der Waals surface area contributed by atoms with Crippen LogP contribution in [-0.4, -0.2) is 54.8 Å². The van der Waals surface area contributed by atoms with Crippen LogP contribution in [0.15, 0.2) is 0 Å². The van der Waals surface area contributed by atoms with Crippen LogP contribution in [0.4, 0.5) is 4.39 Å². The first-order chi connectivity index (χ1) is 5.08. The van der Waals surface area contributed by atoms with E-state index in [1.165, 1.54) is 0 Å². The van der Waals surface area contributed by atoms with Crippen LogP contribution in [0.5, 0.6) is 0 Å². The highest BCUT2D eigenvalue weighted by Crippen LogP contribution is 2.12. The highest BCUT2D eigenvalue weighted by molar-refractivity contribution is 6.11. The summed E-state index contributed by atoms with van der Waals surface area (Å²) in [5.41, 5.74) is 0. The number of halogens is 1. The lowest BCUT2D eigenvalue weighted by atomic mass is 10.0. The van der Waals surface area contributed by atoms with Crippen molar-refractivity contribution in [2.45, 2.75) is 11.9 Å². The normalized spacial score (nSPS) is 14.9. The van der Waals surface area contributed by atoms with E-state index < -0.39 is 31.7 Å². The van der Waals surface area contributed by atoms with Gasteiger partial charge in [0.15, 0.2) is 0 Å². The molecule has 0 aromatic heterocycles. The number of hydrogen-bond acceptors (Lipinski definition) is 4. The van der Waals surface area contributed by atoms with Crippen LogP contribution in [0.3, 0.4) is 0 Å². The summed E-state index contributed by atoms with van der Waals surface area (Å²) < 4.78 is 17.0. The molecule has 0 saturated heterocycles. The molecule has 0 rings (SSSR count). The molecule has 11 heavy (non-hydrogen) atoms. The second-order valence-electron chi connectivity index (χ2n) is 2.04. The first kappa shape index (κ1) is 10.8. The van der Waals surface area contributed by atoms with Crippen LogP contribution in [0.25, 0.3) is 0 Å². The van der Waals surface area contributed by atoms with E-state index in [-0.39, 0.29) is 0 Å². The minimum absolute atomic E-state index is 0.578. The molecule has 0 fully saturated rings. The lowest BCUT2D eigenvalue weighted by molar-refractivity contribution is -0.207. The molecule has 1 atom stereocenters. The lowest BCUT2D eigenvalue weighted by Gasteiger charge is -2.24. The predicted molar refractivity (Wildman–Crippen MR) is 35.7 cm³/mol. The third-order valence-corrected chi connectivity index (χ3v) is 1.01. The van der Waals surface area contributed by atoms with Gasteiger partial charge in [0.05, 0.1) is 6.61 Å². The molecule has 6 heteroatoms. The maximum Gasteiger partial charge on any atom is 0.255 e. The molecule has 3 N–H and O–H groups in total. The van der Waals surface area contributed by atoms with E-state index >= 15 is 0 Å². The first-order valence-electron chi connectivity index (χ1n) is 3.03. The summed E-state index contributed by atoms with van der Waals surface area (Å²) in [5.74, 6) is -2.57. The van der Waals surface area contributed by atoms with Gasteiger partial charge in [-0.15, -0.1) is 0 Å². The highest BCUT2D eigenvalue weighted by atomic mass is 19.2. The van der Waals surface area contributed by atoms with Gasteiger partial charge in [-0.25, -0.2) is 4.39 Å². The topological polar surface area (TPSA) is 69.9 Å². The number of aliphatic hydroxyl groups is 3. The van der Waals surface area contributed by atoms with E-state index in [9.17, 15) is 4.39 Å². The van der Waals surface area contributed by atoms with Gasteiger partial charge >= 0.3 is 0 Å². The van der Waals surface area contributed by atoms with Gasteiger partial charge in [-0.3, -0.25) is 0 Å². The molecule has 0 heterocycles. The highest BCUT2D eigenvalue weighted by Gasteiger charge is 2.30. The molecular formula is C5H10BFO4. The third-order valence-electron chi connectivity index (χ3n) is 1.01. The Hall–Kier alpha value is -0.165. The quantitative estimate of drug-likeness (QED) is 0.416. The van der Waals surface area contributed by atoms with Crippen molar-refractivity contribution in [2.24, 2.45) is 0 Å². The Bertz CT molecular complexity index is 109. The van der Waals surface area contributed by atoms with Crippen LogP contribution in [-0.2, 0) is 4.74 Å². The molecule has 0 aromatic carbocycles. The third kappa shape index (κ3) is 3.66. The van der Waals surface area contributed by atoms with Crippen molar-refractivity contribution < 1.29 is 24.4 Å². The van der Waals surface area contributed by atoms with Gasteiger partial charge in [-0.2, -0.15) is 0 Å². The summed E-state index contributed by atoms with van der Waals surface area (Å²) in [6.45, 7) is -2.58. The molecule has 64 valence electrons. The standard InChI is InChI=1S/C5H10BFO4/c6-4(1-8)11-5(7,2-9)3-10/h4,8-10H,1-3H2/t4-/m1/s1. The van der Waals surface area contributed by atoms with Crippen molar-refractivity contribution in [1.82, 2.24) is 0 Å². The lowest BCUT2D eigenvalue weighted by Crippen LogP contribution is -2.40. The molecule has 0 unspecified atom stereocenters. The van der Waals surface area contributed by atoms with Gasteiger partial charge in [0.2, 0.25) is 0 Å². The fourth-order valence-electron chi connectivity index (χ4n) is 0.433. The Morgan fingerprint density at radius 3 is 2.09 bits per heavy atom. The zero-order valence-electron chi connectivity index (χ0n) is 5.90. The smallest absolute Gasteiger partial charge is 0.255 e. The first-order valence-corrected chi connectivity index (χ1v) is 3.03. The van der Waals surface area contributed by atoms with Crippen molar-refractivity contribution >= 4 is 7.85 Å². The van der Waals surface area contributed by atoms with Crippen molar-refractivity contribution in [2.75, 3.05) is 19.8 Å². The van der Waals surface area contributed by atoms with E-state index in [0.29, 0.717) is 0 Å². The Morgan fingerprint density at radius 1 is 1.36 bits per heavy atom. The SMILES string of the molecule is [B][C@@H](CO)OC(F)(CO)CO. The van der Waals surface area contributed by atoms with Crippen LogP contribution in [0.1, 0.15) is 0 Å². The molecule has 0 bridgehead atoms. The Morgan fingerprint density at radius 2 is 1.82 bits per heavy atom. The van der Waals surface area contributed by atoms with Gasteiger partial charge in [0, 0.05) is 6.00 Å². The summed E-state index contributed by atoms with van der Waals surface area (Å²) in [6.07, 6.45) is 0. The molecular weight excluding hydrogens is 154 g/mol. The van der Waals surface area contributed by atoms with Crippen molar-refractivity contribution in [3.63, 3.8) is 0 Å². The van der Waals surface area contributed by atoms with Gasteiger partial charge in [-0.05, 0) is 0 Å². The Kier molecular flexibility index (Phi) is 4.59. The van der Waals surface area contributed by atoms with Crippen molar-refractivity contribution in [3.8, 4) is 0 Å². The number of rotatable bonds is 5. The fourth-order valence-corrected chi connectivity index (χ4v) is 0.433. The molecule has 2 radical (unpaired) electrons. The summed E-state index contributed by atoms with van der Waals surface area (Å²) in [6, 6.07) is -1.24. The molecule has 0 amide bonds. The van der Waals surface area contributed by atoms with E-state index in [1.807, 2.05) is 0 Å². The molecule has 0 aliphatic heterocycles. The van der Waals surface area contributed by atoms with Gasteiger partial charge < -0.3 is 20.1 Å². The summed E-state index contributed by atoms with van der Waals surface area (Å²) >= 11 is 0. The minimum atomic E-state index is -2.57. The van der Waals surface area contributed by atoms with Gasteiger partial charge in [0.25, 0.3) is 5.85 Å². The molecule has 0 aromatic rings. The zero-order valence-corrected chi connectivity index (χ0v) is 5.90. The second kappa shape index (κ2) is 4.66. The Labute approximate surface area is 65.0 Å². The van der Waals surface area contributed by atoms with E-state index in [0.717, 1.165) is 0 Å². The minimum Gasteiger partial charge on any atom is -0.395 e. The van der Waals surface area contributed by atoms with E-state index in [4.69, 9.17) is 23.2 Å². The van der Waals surface area contributed by atoms with E-state index in [2.05, 4.69) is 4.74 Å². The number of aliphatic hydroxyl groups excluding tert-OH is 3. The average Bonchev–Trinajstić information content (AvgIpc) is 2.04. The largest absolute Gasteiger partial charge is 0.395 e. The summed E-state index contributed by atoms with van der Waals surface area (Å²) in [4.78, 5) is 0. The van der Waals surface area contributed by atoms with Crippen LogP contribution in [0, 0.1) is 0 Å². The molecule has 4 nitrogen and oxygen atoms in total. The zero-order chi connectivity index (χ0) is 8.91. The molecule has 0 saturated carbocycles. The summed E-state index contributed by atoms with van der Waals surface area (Å²) in [7, 11) is 4.98. The number of ether oxygens (including phenoxy) is 1. The summed E-state index contributed by atoms with van der Waals surface area (Å²) in [5, 5.41) is 25.0. The van der Waals surface area contributed by atoms with Crippen LogP contribution < -0.4 is 0 Å². The van der Waals surface area contributed by atoms with Crippen LogP contribution >= 0.6 is 0 Å². The fraction of sp³-hybridized carbons (Fsp3) is 1.00. The molecule has 0 spiro atoms. The van der Waals surface area contributed by atoms with E-state index in [1.54, 1.807) is 0 Å². The molecule has 0 aliphatic carbocycles. The Balaban J connectivity index is 3.86. The van der Waals surface area contributed by atoms with Gasteiger partial charge in [-0.1, -0.05) is 0 Å².